The van der Waals surface area contributed by atoms with Crippen molar-refractivity contribution in [3.05, 3.63) is 30.3 Å². The van der Waals surface area contributed by atoms with Crippen LogP contribution in [-0.2, 0) is 0 Å². The smallest absolute Gasteiger partial charge is 0.0368 e. The van der Waals surface area contributed by atoms with E-state index in [4.69, 9.17) is 5.73 Å². The summed E-state index contributed by atoms with van der Waals surface area (Å²) in [6.45, 7) is 4.26. The third-order valence-electron chi connectivity index (χ3n) is 4.12. The summed E-state index contributed by atoms with van der Waals surface area (Å²) in [7, 11) is 0. The van der Waals surface area contributed by atoms with Gasteiger partial charge in [-0.3, -0.25) is 0 Å². The van der Waals surface area contributed by atoms with Gasteiger partial charge in [0, 0.05) is 18.3 Å². The highest BCUT2D eigenvalue weighted by Gasteiger charge is 2.23. The summed E-state index contributed by atoms with van der Waals surface area (Å²) in [4.78, 5) is 2.58. The largest absolute Gasteiger partial charge is 0.369 e. The quantitative estimate of drug-likeness (QED) is 0.862. The molecule has 0 spiro atoms. The lowest BCUT2D eigenvalue weighted by Gasteiger charge is -2.38. The van der Waals surface area contributed by atoms with Crippen LogP contribution in [0.3, 0.4) is 0 Å². The first-order valence-electron chi connectivity index (χ1n) is 7.33. The molecule has 0 atom stereocenters. The van der Waals surface area contributed by atoms with Crippen LogP contribution < -0.4 is 10.6 Å². The molecule has 0 aliphatic heterocycles. The van der Waals surface area contributed by atoms with E-state index in [-0.39, 0.29) is 0 Å². The Morgan fingerprint density at radius 1 is 1.11 bits per heavy atom. The molecule has 2 nitrogen and oxygen atoms in total. The van der Waals surface area contributed by atoms with Crippen LogP contribution in [0.25, 0.3) is 0 Å². The summed E-state index contributed by atoms with van der Waals surface area (Å²) in [5.41, 5.74) is 7.05. The molecule has 0 radical (unpaired) electrons. The highest BCUT2D eigenvalue weighted by atomic mass is 15.2. The highest BCUT2D eigenvalue weighted by molar-refractivity contribution is 5.47. The molecule has 2 rings (SSSR count). The van der Waals surface area contributed by atoms with Gasteiger partial charge in [0.2, 0.25) is 0 Å². The van der Waals surface area contributed by atoms with Crippen LogP contribution in [0.2, 0.25) is 0 Å². The van der Waals surface area contributed by atoms with Crippen molar-refractivity contribution in [3.63, 3.8) is 0 Å². The summed E-state index contributed by atoms with van der Waals surface area (Å²) in [5.74, 6) is 0.911. The lowest BCUT2D eigenvalue weighted by molar-refractivity contribution is 0.333. The van der Waals surface area contributed by atoms with E-state index in [0.29, 0.717) is 0 Å². The third-order valence-corrected chi connectivity index (χ3v) is 4.12. The molecular weight excluding hydrogens is 220 g/mol. The minimum atomic E-state index is 0.718. The summed E-state index contributed by atoms with van der Waals surface area (Å²) in [6, 6.07) is 11.5. The van der Waals surface area contributed by atoms with E-state index >= 15 is 0 Å². The number of hydrogen-bond acceptors (Lipinski definition) is 2. The average Bonchev–Trinajstić information content (AvgIpc) is 2.42. The second kappa shape index (κ2) is 6.79. The molecule has 1 saturated carbocycles. The highest BCUT2D eigenvalue weighted by Crippen LogP contribution is 2.30. The number of anilines is 1. The maximum Gasteiger partial charge on any atom is 0.0368 e. The maximum absolute atomic E-state index is 5.68. The van der Waals surface area contributed by atoms with Crippen LogP contribution in [0.1, 0.15) is 39.0 Å². The summed E-state index contributed by atoms with van der Waals surface area (Å²) in [5, 5.41) is 0. The molecule has 100 valence electrons. The van der Waals surface area contributed by atoms with E-state index in [1.165, 1.54) is 31.4 Å². The van der Waals surface area contributed by atoms with Crippen molar-refractivity contribution in [2.24, 2.45) is 11.7 Å². The number of rotatable bonds is 5. The third kappa shape index (κ3) is 3.49. The predicted octanol–water partition coefficient (Wildman–Crippen LogP) is 3.42. The molecule has 1 fully saturated rings. The Bertz CT molecular complexity index is 328. The maximum atomic E-state index is 5.68. The van der Waals surface area contributed by atoms with Gasteiger partial charge in [-0.15, -0.1) is 0 Å². The molecule has 0 aromatic heterocycles. The molecule has 0 bridgehead atoms. The van der Waals surface area contributed by atoms with Crippen molar-refractivity contribution < 1.29 is 0 Å². The van der Waals surface area contributed by atoms with Crippen molar-refractivity contribution in [1.29, 1.82) is 0 Å². The zero-order valence-corrected chi connectivity index (χ0v) is 11.5. The van der Waals surface area contributed by atoms with E-state index in [9.17, 15) is 0 Å². The molecule has 0 unspecified atom stereocenters. The van der Waals surface area contributed by atoms with E-state index in [2.05, 4.69) is 42.2 Å². The molecule has 1 aromatic rings. The van der Waals surface area contributed by atoms with Crippen LogP contribution in [0.5, 0.6) is 0 Å². The van der Waals surface area contributed by atoms with Gasteiger partial charge in [-0.05, 0) is 56.7 Å². The van der Waals surface area contributed by atoms with Crippen LogP contribution in [-0.4, -0.2) is 19.1 Å². The van der Waals surface area contributed by atoms with Gasteiger partial charge in [0.25, 0.3) is 0 Å². The normalized spacial score (nSPS) is 23.9. The number of nitrogens with zero attached hydrogens (tertiary/aromatic N) is 1. The Morgan fingerprint density at radius 3 is 2.39 bits per heavy atom. The van der Waals surface area contributed by atoms with E-state index in [1.54, 1.807) is 0 Å². The Labute approximate surface area is 111 Å². The molecule has 2 heteroatoms. The van der Waals surface area contributed by atoms with Crippen LogP contribution in [0, 0.1) is 5.92 Å². The molecule has 1 aromatic carbocycles. The van der Waals surface area contributed by atoms with E-state index < -0.39 is 0 Å². The monoisotopic (exact) mass is 246 g/mol. The Balaban J connectivity index is 2.05. The number of benzene rings is 1. The first-order chi connectivity index (χ1) is 8.81. The minimum absolute atomic E-state index is 0.718. The molecule has 0 saturated heterocycles. The molecule has 18 heavy (non-hydrogen) atoms. The van der Waals surface area contributed by atoms with Gasteiger partial charge < -0.3 is 10.6 Å². The first-order valence-corrected chi connectivity index (χ1v) is 7.33. The lowest BCUT2D eigenvalue weighted by Crippen LogP contribution is -2.39. The molecule has 1 aliphatic carbocycles. The number of nitrogens with two attached hydrogens (primary N) is 1. The van der Waals surface area contributed by atoms with Crippen molar-refractivity contribution in [2.75, 3.05) is 18.0 Å². The first kappa shape index (κ1) is 13.4. The second-order valence-corrected chi connectivity index (χ2v) is 5.58. The van der Waals surface area contributed by atoms with E-state index in [1.807, 2.05) is 0 Å². The van der Waals surface area contributed by atoms with Gasteiger partial charge in [0.1, 0.15) is 0 Å². The standard InChI is InChI=1S/C16H26N2/c1-14-8-10-16(11-9-14)18(13-5-12-17)15-6-3-2-4-7-15/h2-4,6-7,14,16H,5,8-13,17H2,1H3. The Hall–Kier alpha value is -1.02. The Kier molecular flexibility index (Phi) is 5.06. The predicted molar refractivity (Wildman–Crippen MR) is 78.9 cm³/mol. The zero-order valence-electron chi connectivity index (χ0n) is 11.5. The minimum Gasteiger partial charge on any atom is -0.369 e. The summed E-state index contributed by atoms with van der Waals surface area (Å²) >= 11 is 0. The lowest BCUT2D eigenvalue weighted by atomic mass is 9.86. The van der Waals surface area contributed by atoms with Crippen molar-refractivity contribution >= 4 is 5.69 Å². The summed E-state index contributed by atoms with van der Waals surface area (Å²) in [6.07, 6.45) is 6.50. The van der Waals surface area contributed by atoms with Crippen molar-refractivity contribution in [2.45, 2.75) is 45.1 Å². The van der Waals surface area contributed by atoms with Crippen molar-refractivity contribution in [1.82, 2.24) is 0 Å². The summed E-state index contributed by atoms with van der Waals surface area (Å²) < 4.78 is 0. The fourth-order valence-electron chi connectivity index (χ4n) is 2.96. The average molecular weight is 246 g/mol. The fourth-order valence-corrected chi connectivity index (χ4v) is 2.96. The molecular formula is C16H26N2. The Morgan fingerprint density at radius 2 is 1.78 bits per heavy atom. The van der Waals surface area contributed by atoms with Crippen LogP contribution in [0.4, 0.5) is 5.69 Å². The second-order valence-electron chi connectivity index (χ2n) is 5.58. The van der Waals surface area contributed by atoms with Crippen LogP contribution >= 0.6 is 0 Å². The van der Waals surface area contributed by atoms with Gasteiger partial charge in [0.15, 0.2) is 0 Å². The van der Waals surface area contributed by atoms with E-state index in [0.717, 1.165) is 31.5 Å². The topological polar surface area (TPSA) is 29.3 Å². The zero-order chi connectivity index (χ0) is 12.8. The molecule has 2 N–H and O–H groups in total. The van der Waals surface area contributed by atoms with Gasteiger partial charge >= 0.3 is 0 Å². The molecule has 0 heterocycles. The van der Waals surface area contributed by atoms with Gasteiger partial charge in [-0.2, -0.15) is 0 Å². The molecule has 0 amide bonds. The SMILES string of the molecule is CC1CCC(N(CCCN)c2ccccc2)CC1. The molecule has 1 aliphatic rings. The van der Waals surface area contributed by atoms with Gasteiger partial charge in [-0.25, -0.2) is 0 Å². The van der Waals surface area contributed by atoms with Crippen LogP contribution in [0.15, 0.2) is 30.3 Å². The number of para-hydroxylation sites is 1. The number of hydrogen-bond donors (Lipinski definition) is 1. The van der Waals surface area contributed by atoms with Gasteiger partial charge in [-0.1, -0.05) is 25.1 Å². The van der Waals surface area contributed by atoms with Gasteiger partial charge in [0.05, 0.1) is 0 Å². The van der Waals surface area contributed by atoms with Crippen molar-refractivity contribution in [3.8, 4) is 0 Å². The fraction of sp³-hybridized carbons (Fsp3) is 0.625.